The van der Waals surface area contributed by atoms with Crippen LogP contribution in [-0.4, -0.2) is 10.1 Å². The first-order chi connectivity index (χ1) is 10.2. The highest BCUT2D eigenvalue weighted by Gasteiger charge is 2.38. The van der Waals surface area contributed by atoms with E-state index in [4.69, 9.17) is 5.73 Å². The van der Waals surface area contributed by atoms with Gasteiger partial charge in [0.25, 0.3) is 0 Å². The molecule has 3 heteroatoms. The zero-order chi connectivity index (χ0) is 14.4. The molecule has 1 atom stereocenters. The van der Waals surface area contributed by atoms with Crippen molar-refractivity contribution >= 4 is 16.6 Å². The van der Waals surface area contributed by atoms with Crippen LogP contribution in [0.5, 0.6) is 0 Å². The van der Waals surface area contributed by atoms with Crippen LogP contribution >= 0.6 is 0 Å². The van der Waals surface area contributed by atoms with Gasteiger partial charge in [-0.25, -0.2) is 0 Å². The molecule has 3 N–H and O–H groups in total. The van der Waals surface area contributed by atoms with Crippen LogP contribution in [0.3, 0.4) is 0 Å². The largest absolute Gasteiger partial charge is 0.399 e. The van der Waals surface area contributed by atoms with Crippen molar-refractivity contribution in [2.24, 2.45) is 0 Å². The summed E-state index contributed by atoms with van der Waals surface area (Å²) in [5.74, 6) is 0. The number of benzene rings is 2. The maximum absolute atomic E-state index is 11.2. The lowest BCUT2D eigenvalue weighted by molar-refractivity contribution is 0.0831. The Kier molecular flexibility index (Phi) is 2.53. The van der Waals surface area contributed by atoms with Crippen LogP contribution in [0, 0.1) is 0 Å². The predicted molar refractivity (Wildman–Crippen MR) is 83.9 cm³/mol. The Hall–Kier alpha value is -2.39. The average Bonchev–Trinajstić information content (AvgIpc) is 2.84. The molecule has 1 aliphatic rings. The van der Waals surface area contributed by atoms with Gasteiger partial charge in [-0.05, 0) is 59.9 Å². The van der Waals surface area contributed by atoms with Crippen molar-refractivity contribution < 1.29 is 5.11 Å². The van der Waals surface area contributed by atoms with Crippen molar-refractivity contribution in [3.63, 3.8) is 0 Å². The monoisotopic (exact) mass is 276 g/mol. The zero-order valence-electron chi connectivity index (χ0n) is 11.6. The molecule has 0 saturated heterocycles. The first-order valence-electron chi connectivity index (χ1n) is 7.13. The molecule has 0 spiro atoms. The smallest absolute Gasteiger partial charge is 0.115 e. The summed E-state index contributed by atoms with van der Waals surface area (Å²) in [5.41, 5.74) is 9.65. The molecule has 1 aliphatic carbocycles. The Morgan fingerprint density at radius 3 is 2.90 bits per heavy atom. The molecule has 21 heavy (non-hydrogen) atoms. The number of nitrogens with two attached hydrogens (primary N) is 1. The van der Waals surface area contributed by atoms with E-state index in [-0.39, 0.29) is 0 Å². The fourth-order valence-electron chi connectivity index (χ4n) is 3.31. The van der Waals surface area contributed by atoms with Crippen molar-refractivity contribution in [2.45, 2.75) is 18.4 Å². The molecule has 0 aliphatic heterocycles. The maximum Gasteiger partial charge on any atom is 0.115 e. The number of aliphatic hydroxyl groups is 1. The molecule has 2 aromatic carbocycles. The molecule has 1 unspecified atom stereocenters. The van der Waals surface area contributed by atoms with Gasteiger partial charge in [-0.1, -0.05) is 18.2 Å². The summed E-state index contributed by atoms with van der Waals surface area (Å²) in [6.07, 6.45) is 3.32. The first-order valence-corrected chi connectivity index (χ1v) is 7.13. The van der Waals surface area contributed by atoms with Gasteiger partial charge in [0.2, 0.25) is 0 Å². The van der Waals surface area contributed by atoms with E-state index >= 15 is 0 Å². The Bertz CT molecular complexity index is 843. The molecule has 0 amide bonds. The number of fused-ring (bicyclic) bond motifs is 2. The second-order valence-electron chi connectivity index (χ2n) is 5.69. The van der Waals surface area contributed by atoms with Gasteiger partial charge in [0, 0.05) is 17.3 Å². The average molecular weight is 276 g/mol. The summed E-state index contributed by atoms with van der Waals surface area (Å²) in [7, 11) is 0. The molecule has 0 bridgehead atoms. The molecule has 0 saturated carbocycles. The molecule has 3 nitrogen and oxygen atoms in total. The van der Waals surface area contributed by atoms with E-state index < -0.39 is 5.60 Å². The van der Waals surface area contributed by atoms with Crippen LogP contribution in [0.25, 0.3) is 10.9 Å². The van der Waals surface area contributed by atoms with Crippen LogP contribution in [-0.2, 0) is 12.0 Å². The van der Waals surface area contributed by atoms with E-state index in [1.165, 1.54) is 0 Å². The quantitative estimate of drug-likeness (QED) is 0.672. The Balaban J connectivity index is 1.89. The van der Waals surface area contributed by atoms with Crippen molar-refractivity contribution in [3.05, 3.63) is 71.4 Å². The van der Waals surface area contributed by atoms with Crippen LogP contribution < -0.4 is 5.73 Å². The molecule has 3 aromatic rings. The van der Waals surface area contributed by atoms with E-state index in [1.54, 1.807) is 6.20 Å². The van der Waals surface area contributed by atoms with Crippen LogP contribution in [0.2, 0.25) is 0 Å². The number of anilines is 1. The Morgan fingerprint density at radius 2 is 2.00 bits per heavy atom. The SMILES string of the molecule is Nc1ccc2c(c1)CCC2(O)c1ccc2ncccc2c1. The number of hydrogen-bond acceptors (Lipinski definition) is 3. The summed E-state index contributed by atoms with van der Waals surface area (Å²) in [4.78, 5) is 4.33. The number of pyridine rings is 1. The van der Waals surface area contributed by atoms with Gasteiger partial charge in [-0.2, -0.15) is 0 Å². The summed E-state index contributed by atoms with van der Waals surface area (Å²) < 4.78 is 0. The third-order valence-electron chi connectivity index (χ3n) is 4.41. The van der Waals surface area contributed by atoms with Crippen LogP contribution in [0.15, 0.2) is 54.7 Å². The first kappa shape index (κ1) is 12.4. The Morgan fingerprint density at radius 1 is 1.10 bits per heavy atom. The Labute approximate surface area is 123 Å². The molecule has 1 heterocycles. The zero-order valence-corrected chi connectivity index (χ0v) is 11.6. The number of nitrogen functional groups attached to an aromatic ring is 1. The van der Waals surface area contributed by atoms with Gasteiger partial charge in [0.05, 0.1) is 5.52 Å². The summed E-state index contributed by atoms with van der Waals surface area (Å²) in [6.45, 7) is 0. The highest BCUT2D eigenvalue weighted by Crippen LogP contribution is 2.43. The molecular weight excluding hydrogens is 260 g/mol. The molecule has 4 rings (SSSR count). The van der Waals surface area contributed by atoms with Gasteiger partial charge in [-0.3, -0.25) is 4.98 Å². The minimum atomic E-state index is -0.924. The van der Waals surface area contributed by atoms with Crippen molar-refractivity contribution in [1.29, 1.82) is 0 Å². The number of aromatic nitrogens is 1. The molecular formula is C18H16N2O. The third-order valence-corrected chi connectivity index (χ3v) is 4.41. The van der Waals surface area contributed by atoms with Gasteiger partial charge in [0.15, 0.2) is 0 Å². The van der Waals surface area contributed by atoms with E-state index in [0.717, 1.165) is 39.7 Å². The lowest BCUT2D eigenvalue weighted by atomic mass is 9.87. The van der Waals surface area contributed by atoms with Gasteiger partial charge < -0.3 is 10.8 Å². The van der Waals surface area contributed by atoms with Gasteiger partial charge in [-0.15, -0.1) is 0 Å². The van der Waals surface area contributed by atoms with Gasteiger partial charge >= 0.3 is 0 Å². The summed E-state index contributed by atoms with van der Waals surface area (Å²) in [6, 6.07) is 15.7. The molecule has 1 aromatic heterocycles. The van der Waals surface area contributed by atoms with E-state index in [9.17, 15) is 5.11 Å². The minimum absolute atomic E-state index is 0.692. The molecule has 104 valence electrons. The second kappa shape index (κ2) is 4.30. The highest BCUT2D eigenvalue weighted by atomic mass is 16.3. The van der Waals surface area contributed by atoms with Crippen molar-refractivity contribution in [2.75, 3.05) is 5.73 Å². The van der Waals surface area contributed by atoms with E-state index in [2.05, 4.69) is 4.98 Å². The summed E-state index contributed by atoms with van der Waals surface area (Å²) in [5, 5.41) is 12.3. The number of aryl methyl sites for hydroxylation is 1. The number of rotatable bonds is 1. The van der Waals surface area contributed by atoms with E-state index in [1.807, 2.05) is 48.5 Å². The number of nitrogens with zero attached hydrogens (tertiary/aromatic N) is 1. The molecule has 0 radical (unpaired) electrons. The second-order valence-corrected chi connectivity index (χ2v) is 5.69. The van der Waals surface area contributed by atoms with Crippen molar-refractivity contribution in [3.8, 4) is 0 Å². The lowest BCUT2D eigenvalue weighted by Crippen LogP contribution is -2.23. The minimum Gasteiger partial charge on any atom is -0.399 e. The van der Waals surface area contributed by atoms with Crippen molar-refractivity contribution in [1.82, 2.24) is 4.98 Å². The standard InChI is InChI=1S/C18H16N2O/c19-15-4-5-16-12(11-15)7-8-18(16,21)14-3-6-17-13(10-14)2-1-9-20-17/h1-6,9-11,21H,7-8,19H2. The third kappa shape index (κ3) is 1.82. The fourth-order valence-corrected chi connectivity index (χ4v) is 3.31. The molecule has 0 fully saturated rings. The number of hydrogen-bond donors (Lipinski definition) is 2. The normalized spacial score (nSPS) is 20.6. The fraction of sp³-hybridized carbons (Fsp3) is 0.167. The van der Waals surface area contributed by atoms with Gasteiger partial charge in [0.1, 0.15) is 5.60 Å². The van der Waals surface area contributed by atoms with Crippen LogP contribution in [0.4, 0.5) is 5.69 Å². The topological polar surface area (TPSA) is 59.1 Å². The summed E-state index contributed by atoms with van der Waals surface area (Å²) >= 11 is 0. The highest BCUT2D eigenvalue weighted by molar-refractivity contribution is 5.79. The van der Waals surface area contributed by atoms with Crippen LogP contribution in [0.1, 0.15) is 23.1 Å². The van der Waals surface area contributed by atoms with E-state index in [0.29, 0.717) is 6.42 Å². The lowest BCUT2D eigenvalue weighted by Gasteiger charge is -2.25. The maximum atomic E-state index is 11.2. The predicted octanol–water partition coefficient (Wildman–Crippen LogP) is 3.00.